The lowest BCUT2D eigenvalue weighted by molar-refractivity contribution is -0.125. The number of carboxylic acid groups (broad SMARTS) is 1. The van der Waals surface area contributed by atoms with Crippen molar-refractivity contribution in [2.45, 2.75) is 101 Å². The number of piperidine rings is 2. The van der Waals surface area contributed by atoms with Crippen molar-refractivity contribution < 1.29 is 33.8 Å². The number of aromatic carboxylic acids is 1. The summed E-state index contributed by atoms with van der Waals surface area (Å²) in [4.78, 5) is 55.4. The van der Waals surface area contributed by atoms with Crippen LogP contribution in [0.5, 0.6) is 11.5 Å². The summed E-state index contributed by atoms with van der Waals surface area (Å²) in [6, 6.07) is 27.2. The number of rotatable bonds is 14. The minimum absolute atomic E-state index is 0.0612. The third-order valence-electron chi connectivity index (χ3n) is 12.5. The van der Waals surface area contributed by atoms with Gasteiger partial charge in [-0.05, 0) is 123 Å². The number of halogens is 4. The Morgan fingerprint density at radius 1 is 0.578 bits per heavy atom. The monoisotopic (exact) mass is 951 g/mol. The zero-order valence-electron chi connectivity index (χ0n) is 35.8. The first kappa shape index (κ1) is 47.4. The quantitative estimate of drug-likeness (QED) is 0.113. The third-order valence-corrected chi connectivity index (χ3v) is 13.5. The Labute approximate surface area is 394 Å². The molecule has 12 nitrogen and oxygen atoms in total. The lowest BCUT2D eigenvalue weighted by Gasteiger charge is -2.39. The van der Waals surface area contributed by atoms with Crippen LogP contribution in [0, 0.1) is 0 Å². The molecule has 4 heterocycles. The zero-order valence-corrected chi connectivity index (χ0v) is 38.8. The van der Waals surface area contributed by atoms with Crippen LogP contribution in [0.1, 0.15) is 83.2 Å². The minimum atomic E-state index is -1.15. The highest BCUT2D eigenvalue weighted by Crippen LogP contribution is 2.38. The predicted molar refractivity (Wildman–Crippen MR) is 249 cm³/mol. The first-order valence-electron chi connectivity index (χ1n) is 21.6. The molecule has 2 unspecified atom stereocenters. The molecule has 4 aliphatic rings. The van der Waals surface area contributed by atoms with Gasteiger partial charge in [-0.3, -0.25) is 24.2 Å². The molecule has 0 aliphatic carbocycles. The molecule has 0 spiro atoms. The number of carbonyl (C=O) groups excluding carboxylic acids is 3. The Kier molecular flexibility index (Phi) is 16.0. The average Bonchev–Trinajstić information content (AvgIpc) is 3.63. The highest BCUT2D eigenvalue weighted by molar-refractivity contribution is 6.31. The Morgan fingerprint density at radius 2 is 0.938 bits per heavy atom. The Morgan fingerprint density at radius 3 is 1.31 bits per heavy atom. The number of hydrogen-bond donors (Lipinski definition) is 3. The molecule has 3 N–H and O–H groups in total. The fourth-order valence-electron chi connectivity index (χ4n) is 9.56. The van der Waals surface area contributed by atoms with Gasteiger partial charge in [-0.25, -0.2) is 4.79 Å². The highest BCUT2D eigenvalue weighted by Gasteiger charge is 2.42. The molecule has 4 aliphatic heterocycles. The van der Waals surface area contributed by atoms with E-state index >= 15 is 0 Å². The Balaban J connectivity index is 0.000000192. The summed E-state index contributed by atoms with van der Waals surface area (Å²) < 4.78 is 11.2. The maximum Gasteiger partial charge on any atom is 0.339 e. The normalized spacial score (nSPS) is 22.5. The van der Waals surface area contributed by atoms with Gasteiger partial charge in [0.2, 0.25) is 0 Å². The number of amides is 3. The molecule has 4 aromatic rings. The van der Waals surface area contributed by atoms with Gasteiger partial charge in [-0.1, -0.05) is 70.7 Å². The van der Waals surface area contributed by atoms with E-state index in [-0.39, 0.29) is 54.3 Å². The van der Waals surface area contributed by atoms with Gasteiger partial charge in [0.05, 0.1) is 5.56 Å². The van der Waals surface area contributed by atoms with E-state index in [1.807, 2.05) is 24.3 Å². The van der Waals surface area contributed by atoms with Crippen molar-refractivity contribution in [2.75, 3.05) is 27.3 Å². The SMILES string of the molecule is CN(C)C(=O)c1cc(Cl)ccc1OCC(=O)NC1C[C@H]2CC[C@@H](C1)N2Cc1ccc(Cl)cc1.O=C(COc1ccc(Cl)cc1C(=O)O)NC1C[C@H]2CC[C@@H](C1)N2Cc1ccc(Cl)cc1. The predicted octanol–water partition coefficient (Wildman–Crippen LogP) is 8.77. The number of ether oxygens (including phenoxy) is 2. The van der Waals surface area contributed by atoms with Gasteiger partial charge in [0, 0.05) is 83.5 Å². The minimum Gasteiger partial charge on any atom is -0.483 e. The zero-order chi connectivity index (χ0) is 45.5. The van der Waals surface area contributed by atoms with Gasteiger partial charge in [-0.2, -0.15) is 0 Å². The van der Waals surface area contributed by atoms with Gasteiger partial charge >= 0.3 is 5.97 Å². The van der Waals surface area contributed by atoms with Crippen molar-refractivity contribution in [3.63, 3.8) is 0 Å². The lowest BCUT2D eigenvalue weighted by Crippen LogP contribution is -2.50. The second kappa shape index (κ2) is 21.6. The van der Waals surface area contributed by atoms with Crippen LogP contribution in [0.15, 0.2) is 84.9 Å². The second-order valence-corrected chi connectivity index (χ2v) is 18.9. The summed E-state index contributed by atoms with van der Waals surface area (Å²) in [5.41, 5.74) is 2.79. The van der Waals surface area contributed by atoms with Crippen molar-refractivity contribution in [1.82, 2.24) is 25.3 Å². The first-order chi connectivity index (χ1) is 30.7. The number of benzene rings is 4. The molecule has 0 radical (unpaired) electrons. The van der Waals surface area contributed by atoms with E-state index in [4.69, 9.17) is 55.9 Å². The summed E-state index contributed by atoms with van der Waals surface area (Å²) >= 11 is 23.9. The molecule has 6 atom stereocenters. The first-order valence-corrected chi connectivity index (χ1v) is 23.1. The van der Waals surface area contributed by atoms with E-state index in [0.717, 1.165) is 74.5 Å². The summed E-state index contributed by atoms with van der Waals surface area (Å²) in [5.74, 6) is -1.32. The molecule has 4 bridgehead atoms. The van der Waals surface area contributed by atoms with E-state index < -0.39 is 5.97 Å². The number of nitrogens with zero attached hydrogens (tertiary/aromatic N) is 3. The van der Waals surface area contributed by atoms with Gasteiger partial charge in [0.25, 0.3) is 17.7 Å². The summed E-state index contributed by atoms with van der Waals surface area (Å²) in [6.07, 6.45) is 8.24. The molecule has 0 saturated carbocycles. The molecule has 16 heteroatoms. The molecule has 8 rings (SSSR count). The maximum atomic E-state index is 12.6. The molecule has 3 amide bonds. The smallest absolute Gasteiger partial charge is 0.339 e. The van der Waals surface area contributed by atoms with E-state index in [9.17, 15) is 24.3 Å². The van der Waals surface area contributed by atoms with Crippen LogP contribution in [0.4, 0.5) is 0 Å². The standard InChI is InChI=1S/C25H29Cl2N3O3.C23H24Cl2N2O4/c1-29(2)25(32)22-11-18(27)7-10-23(22)33-15-24(31)28-19-12-20-8-9-21(13-19)30(20)14-16-3-5-17(26)6-4-16;24-15-3-1-14(2-4-15)12-27-18-6-7-19(27)11-17(10-18)26-22(28)13-31-21-8-5-16(25)9-20(21)23(29)30/h3-7,10-11,19-21H,8-9,12-15H2,1-2H3,(H,28,31);1-5,8-9,17-19H,6-7,10-13H2,(H,26,28)(H,29,30)/t19?,20-,21+;17?,18-,19+. The Hall–Kier alpha value is -4.56. The fraction of sp³-hybridized carbons (Fsp3) is 0.417. The molecule has 4 saturated heterocycles. The van der Waals surface area contributed by atoms with Crippen LogP contribution in [-0.2, 0) is 22.7 Å². The van der Waals surface area contributed by atoms with E-state index in [0.29, 0.717) is 45.5 Å². The second-order valence-electron chi connectivity index (χ2n) is 17.2. The molecular weight excluding hydrogens is 900 g/mol. The van der Waals surface area contributed by atoms with Crippen molar-refractivity contribution in [2.24, 2.45) is 0 Å². The largest absolute Gasteiger partial charge is 0.483 e. The highest BCUT2D eigenvalue weighted by atomic mass is 35.5. The van der Waals surface area contributed by atoms with Crippen LogP contribution in [0.3, 0.4) is 0 Å². The molecule has 4 aromatic carbocycles. The maximum absolute atomic E-state index is 12.6. The number of nitrogens with one attached hydrogen (secondary N) is 2. The summed E-state index contributed by atoms with van der Waals surface area (Å²) in [6.45, 7) is 1.43. The van der Waals surface area contributed by atoms with Gasteiger partial charge < -0.3 is 30.1 Å². The number of carboxylic acids is 1. The van der Waals surface area contributed by atoms with E-state index in [1.54, 1.807) is 32.3 Å². The number of hydrogen-bond acceptors (Lipinski definition) is 8. The Bertz CT molecular complexity index is 2270. The molecule has 0 aromatic heterocycles. The lowest BCUT2D eigenvalue weighted by atomic mass is 9.96. The van der Waals surface area contributed by atoms with Crippen molar-refractivity contribution >= 4 is 70.1 Å². The molecular formula is C48H53Cl4N5O7. The summed E-state index contributed by atoms with van der Waals surface area (Å²) in [5, 5.41) is 17.7. The van der Waals surface area contributed by atoms with Crippen molar-refractivity contribution in [3.8, 4) is 11.5 Å². The molecule has 340 valence electrons. The van der Waals surface area contributed by atoms with Crippen molar-refractivity contribution in [1.29, 1.82) is 0 Å². The third kappa shape index (κ3) is 12.4. The van der Waals surface area contributed by atoms with Crippen LogP contribution in [-0.4, -0.2) is 107 Å². The van der Waals surface area contributed by atoms with Gasteiger partial charge in [-0.15, -0.1) is 0 Å². The number of fused-ring (bicyclic) bond motifs is 4. The summed E-state index contributed by atoms with van der Waals surface area (Å²) in [7, 11) is 3.32. The van der Waals surface area contributed by atoms with E-state index in [1.165, 1.54) is 34.2 Å². The van der Waals surface area contributed by atoms with Crippen molar-refractivity contribution in [3.05, 3.63) is 127 Å². The molecule has 64 heavy (non-hydrogen) atoms. The van der Waals surface area contributed by atoms with Gasteiger partial charge in [0.1, 0.15) is 17.1 Å². The van der Waals surface area contributed by atoms with E-state index in [2.05, 4.69) is 44.7 Å². The molecule has 4 fully saturated rings. The fourth-order valence-corrected chi connectivity index (χ4v) is 10.2. The van der Waals surface area contributed by atoms with Crippen LogP contribution in [0.2, 0.25) is 20.1 Å². The van der Waals surface area contributed by atoms with Crippen LogP contribution >= 0.6 is 46.4 Å². The van der Waals surface area contributed by atoms with Crippen LogP contribution in [0.25, 0.3) is 0 Å². The number of carbonyl (C=O) groups is 4. The topological polar surface area (TPSA) is 141 Å². The van der Waals surface area contributed by atoms with Crippen LogP contribution < -0.4 is 20.1 Å². The average molecular weight is 954 g/mol. The van der Waals surface area contributed by atoms with Gasteiger partial charge in [0.15, 0.2) is 13.2 Å².